The summed E-state index contributed by atoms with van der Waals surface area (Å²) in [6, 6.07) is 6.38. The summed E-state index contributed by atoms with van der Waals surface area (Å²) in [6.45, 7) is 2.85. The molecule has 2 atom stereocenters. The molecule has 3 aliphatic rings. The highest BCUT2D eigenvalue weighted by Gasteiger charge is 2.52. The van der Waals surface area contributed by atoms with Crippen molar-refractivity contribution in [1.29, 1.82) is 0 Å². The summed E-state index contributed by atoms with van der Waals surface area (Å²) in [7, 11) is 0. The minimum Gasteiger partial charge on any atom is -0.368 e. The Labute approximate surface area is 146 Å². The van der Waals surface area contributed by atoms with Crippen molar-refractivity contribution in [1.82, 2.24) is 9.80 Å². The van der Waals surface area contributed by atoms with E-state index in [-0.39, 0.29) is 23.7 Å². The fourth-order valence-electron chi connectivity index (χ4n) is 4.31. The molecule has 4 rings (SSSR count). The molecule has 3 fully saturated rings. The maximum absolute atomic E-state index is 13.4. The summed E-state index contributed by atoms with van der Waals surface area (Å²) in [5.41, 5.74) is 0.345. The van der Waals surface area contributed by atoms with E-state index in [1.54, 1.807) is 15.9 Å². The molecule has 0 N–H and O–H groups in total. The van der Waals surface area contributed by atoms with Gasteiger partial charge < -0.3 is 14.5 Å². The Bertz CT molecular complexity index is 689. The van der Waals surface area contributed by atoms with E-state index in [2.05, 4.69) is 0 Å². The Balaban J connectivity index is 1.42. The number of nitrogens with zero attached hydrogens (tertiary/aromatic N) is 2. The van der Waals surface area contributed by atoms with Gasteiger partial charge in [-0.1, -0.05) is 12.1 Å². The number of hydrogen-bond acceptors (Lipinski definition) is 3. The summed E-state index contributed by atoms with van der Waals surface area (Å²) in [5.74, 6) is -0.154. The highest BCUT2D eigenvalue weighted by Crippen LogP contribution is 2.41. The fraction of sp³-hybridized carbons (Fsp3) is 0.579. The molecule has 134 valence electrons. The van der Waals surface area contributed by atoms with Crippen molar-refractivity contribution < 1.29 is 18.7 Å². The summed E-state index contributed by atoms with van der Waals surface area (Å²) in [5, 5.41) is 0. The van der Waals surface area contributed by atoms with Crippen molar-refractivity contribution in [3.05, 3.63) is 35.6 Å². The number of amides is 2. The lowest BCUT2D eigenvalue weighted by atomic mass is 9.85. The van der Waals surface area contributed by atoms with Crippen molar-refractivity contribution in [2.24, 2.45) is 5.41 Å². The minimum atomic E-state index is -0.457. The summed E-state index contributed by atoms with van der Waals surface area (Å²) in [4.78, 5) is 29.1. The number of likely N-dealkylation sites (tertiary alicyclic amines) is 2. The zero-order valence-corrected chi connectivity index (χ0v) is 14.2. The second-order valence-electron chi connectivity index (χ2n) is 7.40. The molecule has 0 bridgehead atoms. The molecule has 3 saturated heterocycles. The molecular weight excluding hydrogens is 323 g/mol. The first kappa shape index (κ1) is 16.5. The van der Waals surface area contributed by atoms with Gasteiger partial charge in [0.05, 0.1) is 5.41 Å². The Kier molecular flexibility index (Phi) is 4.23. The van der Waals surface area contributed by atoms with Crippen LogP contribution in [0.3, 0.4) is 0 Å². The molecule has 0 aliphatic carbocycles. The molecule has 1 unspecified atom stereocenters. The number of benzene rings is 1. The Hall–Kier alpha value is -1.95. The molecule has 25 heavy (non-hydrogen) atoms. The third-order valence-corrected chi connectivity index (χ3v) is 5.73. The van der Waals surface area contributed by atoms with E-state index in [0.29, 0.717) is 39.2 Å². The molecule has 3 aliphatic heterocycles. The number of carbonyl (C=O) groups excluding carboxylic acids is 2. The molecule has 1 aromatic rings. The molecule has 3 heterocycles. The van der Waals surface area contributed by atoms with Crippen LogP contribution in [-0.2, 0) is 20.9 Å². The second-order valence-corrected chi connectivity index (χ2v) is 7.40. The summed E-state index contributed by atoms with van der Waals surface area (Å²) < 4.78 is 18.9. The number of ether oxygens (including phenoxy) is 1. The van der Waals surface area contributed by atoms with Crippen molar-refractivity contribution in [3.8, 4) is 0 Å². The van der Waals surface area contributed by atoms with Crippen LogP contribution in [0.15, 0.2) is 24.3 Å². The van der Waals surface area contributed by atoms with Gasteiger partial charge in [0.15, 0.2) is 0 Å². The zero-order valence-electron chi connectivity index (χ0n) is 14.2. The molecule has 1 spiro atoms. The number of hydrogen-bond donors (Lipinski definition) is 0. The average Bonchev–Trinajstić information content (AvgIpc) is 3.33. The van der Waals surface area contributed by atoms with Crippen molar-refractivity contribution in [3.63, 3.8) is 0 Å². The number of rotatable bonds is 3. The van der Waals surface area contributed by atoms with Gasteiger partial charge >= 0.3 is 0 Å². The van der Waals surface area contributed by atoms with Crippen LogP contribution < -0.4 is 0 Å². The van der Waals surface area contributed by atoms with Crippen LogP contribution in [0.1, 0.15) is 31.2 Å². The van der Waals surface area contributed by atoms with Crippen molar-refractivity contribution in [2.45, 2.75) is 38.3 Å². The van der Waals surface area contributed by atoms with Crippen LogP contribution in [0.2, 0.25) is 0 Å². The monoisotopic (exact) mass is 346 g/mol. The standard InChI is InChI=1S/C19H23FN2O3/c20-15-4-1-3-14(11-15)12-21-8-6-19(18(21)24)7-9-22(13-19)17(23)16-5-2-10-25-16/h1,3-4,11,16H,2,5-10,12-13H2/t16-,19?/m0/s1. The van der Waals surface area contributed by atoms with Crippen LogP contribution in [-0.4, -0.2) is 54.0 Å². The largest absolute Gasteiger partial charge is 0.368 e. The molecule has 2 amide bonds. The third kappa shape index (κ3) is 3.03. The van der Waals surface area contributed by atoms with Crippen molar-refractivity contribution in [2.75, 3.05) is 26.2 Å². The Morgan fingerprint density at radius 2 is 2.16 bits per heavy atom. The van der Waals surface area contributed by atoms with E-state index in [0.717, 1.165) is 24.8 Å². The Morgan fingerprint density at radius 1 is 1.32 bits per heavy atom. The molecule has 0 aromatic heterocycles. The van der Waals surface area contributed by atoms with Gasteiger partial charge in [0.25, 0.3) is 5.91 Å². The minimum absolute atomic E-state index is 0.0331. The molecular formula is C19H23FN2O3. The van der Waals surface area contributed by atoms with E-state index < -0.39 is 5.41 Å². The first-order chi connectivity index (χ1) is 12.1. The average molecular weight is 346 g/mol. The smallest absolute Gasteiger partial charge is 0.251 e. The predicted molar refractivity (Wildman–Crippen MR) is 89.0 cm³/mol. The molecule has 5 nitrogen and oxygen atoms in total. The lowest BCUT2D eigenvalue weighted by Crippen LogP contribution is -2.41. The Morgan fingerprint density at radius 3 is 2.92 bits per heavy atom. The van der Waals surface area contributed by atoms with Gasteiger partial charge in [-0.2, -0.15) is 0 Å². The second kappa shape index (κ2) is 6.41. The normalized spacial score (nSPS) is 29.2. The topological polar surface area (TPSA) is 49.9 Å². The zero-order chi connectivity index (χ0) is 17.4. The first-order valence-electron chi connectivity index (χ1n) is 9.02. The molecule has 0 radical (unpaired) electrons. The maximum atomic E-state index is 13.4. The fourth-order valence-corrected chi connectivity index (χ4v) is 4.31. The highest BCUT2D eigenvalue weighted by atomic mass is 19.1. The van der Waals surface area contributed by atoms with Gasteiger partial charge in [0, 0.05) is 32.8 Å². The third-order valence-electron chi connectivity index (χ3n) is 5.73. The predicted octanol–water partition coefficient (Wildman–Crippen LogP) is 1.96. The van der Waals surface area contributed by atoms with Gasteiger partial charge in [-0.25, -0.2) is 4.39 Å². The van der Waals surface area contributed by atoms with E-state index in [4.69, 9.17) is 4.74 Å². The van der Waals surface area contributed by atoms with Gasteiger partial charge in [0.1, 0.15) is 11.9 Å². The van der Waals surface area contributed by atoms with Crippen LogP contribution in [0.25, 0.3) is 0 Å². The van der Waals surface area contributed by atoms with Crippen LogP contribution in [0, 0.1) is 11.2 Å². The molecule has 0 saturated carbocycles. The first-order valence-corrected chi connectivity index (χ1v) is 9.02. The van der Waals surface area contributed by atoms with E-state index in [1.165, 1.54) is 12.1 Å². The quantitative estimate of drug-likeness (QED) is 0.841. The van der Waals surface area contributed by atoms with E-state index in [9.17, 15) is 14.0 Å². The van der Waals surface area contributed by atoms with Crippen LogP contribution in [0.4, 0.5) is 4.39 Å². The SMILES string of the molecule is O=C([C@@H]1CCCO1)N1CCC2(CCN(Cc3cccc(F)c3)C2=O)C1. The maximum Gasteiger partial charge on any atom is 0.251 e. The molecule has 6 heteroatoms. The van der Waals surface area contributed by atoms with Gasteiger partial charge in [0.2, 0.25) is 5.91 Å². The summed E-state index contributed by atoms with van der Waals surface area (Å²) >= 11 is 0. The lowest BCUT2D eigenvalue weighted by molar-refractivity contribution is -0.141. The van der Waals surface area contributed by atoms with Gasteiger partial charge in [-0.05, 0) is 43.4 Å². The van der Waals surface area contributed by atoms with E-state index >= 15 is 0 Å². The van der Waals surface area contributed by atoms with Gasteiger partial charge in [-0.3, -0.25) is 9.59 Å². The number of halogens is 1. The number of carbonyl (C=O) groups is 2. The summed E-state index contributed by atoms with van der Waals surface area (Å²) in [6.07, 6.45) is 2.85. The van der Waals surface area contributed by atoms with Gasteiger partial charge in [-0.15, -0.1) is 0 Å². The van der Waals surface area contributed by atoms with Crippen LogP contribution >= 0.6 is 0 Å². The van der Waals surface area contributed by atoms with Crippen LogP contribution in [0.5, 0.6) is 0 Å². The molecule has 1 aromatic carbocycles. The van der Waals surface area contributed by atoms with E-state index in [1.807, 2.05) is 6.07 Å². The highest BCUT2D eigenvalue weighted by molar-refractivity contribution is 5.88. The van der Waals surface area contributed by atoms with Crippen molar-refractivity contribution >= 4 is 11.8 Å². The lowest BCUT2D eigenvalue weighted by Gasteiger charge is -2.25.